The number of hydrogen-bond acceptors (Lipinski definition) is 5. The number of amides is 1. The number of carbonyl (C=O) groups excluding carboxylic acids is 1. The molecule has 0 spiro atoms. The van der Waals surface area contributed by atoms with Gasteiger partial charge in [0.25, 0.3) is 5.91 Å². The van der Waals surface area contributed by atoms with Crippen molar-refractivity contribution in [1.29, 1.82) is 0 Å². The largest absolute Gasteiger partial charge is 0.507 e. The van der Waals surface area contributed by atoms with Crippen molar-refractivity contribution in [3.63, 3.8) is 0 Å². The Bertz CT molecular complexity index is 1020. The lowest BCUT2D eigenvalue weighted by Crippen LogP contribution is -2.19. The summed E-state index contributed by atoms with van der Waals surface area (Å²) in [5, 5.41) is 13.8. The van der Waals surface area contributed by atoms with E-state index in [4.69, 9.17) is 9.47 Å². The van der Waals surface area contributed by atoms with Gasteiger partial charge in [-0.3, -0.25) is 4.79 Å². The standard InChI is InChI=1S/C22H19BrN2O4/c1-28-18-8-9-20(26)16(11-18)13-24-25-22(27)19-12-17(23)7-10-21(19)29-14-15-5-3-2-4-6-15/h2-13,26H,14H2,1H3,(H,25,27). The van der Waals surface area contributed by atoms with E-state index in [-0.39, 0.29) is 5.75 Å². The smallest absolute Gasteiger partial charge is 0.275 e. The number of phenols is 1. The lowest BCUT2D eigenvalue weighted by atomic mass is 10.2. The monoisotopic (exact) mass is 454 g/mol. The Hall–Kier alpha value is -3.32. The molecule has 1 amide bonds. The van der Waals surface area contributed by atoms with Crippen molar-refractivity contribution >= 4 is 28.1 Å². The molecule has 0 saturated carbocycles. The molecule has 3 aromatic rings. The van der Waals surface area contributed by atoms with E-state index in [9.17, 15) is 9.90 Å². The maximum atomic E-state index is 12.6. The molecule has 148 valence electrons. The first kappa shape index (κ1) is 20.4. The molecule has 0 bridgehead atoms. The number of hydrazone groups is 1. The third kappa shape index (κ3) is 5.58. The van der Waals surface area contributed by atoms with Crippen molar-refractivity contribution in [3.8, 4) is 17.2 Å². The molecular formula is C22H19BrN2O4. The Labute approximate surface area is 176 Å². The summed E-state index contributed by atoms with van der Waals surface area (Å²) in [4.78, 5) is 12.6. The van der Waals surface area contributed by atoms with E-state index in [2.05, 4.69) is 26.5 Å². The summed E-state index contributed by atoms with van der Waals surface area (Å²) in [6, 6.07) is 19.6. The van der Waals surface area contributed by atoms with Gasteiger partial charge in [0, 0.05) is 10.0 Å². The van der Waals surface area contributed by atoms with Crippen LogP contribution in [0.4, 0.5) is 0 Å². The number of nitrogens with one attached hydrogen (secondary N) is 1. The predicted molar refractivity (Wildman–Crippen MR) is 115 cm³/mol. The molecule has 0 aromatic heterocycles. The zero-order chi connectivity index (χ0) is 20.6. The molecule has 0 atom stereocenters. The molecule has 0 heterocycles. The summed E-state index contributed by atoms with van der Waals surface area (Å²) in [6.07, 6.45) is 1.35. The summed E-state index contributed by atoms with van der Waals surface area (Å²) >= 11 is 3.37. The van der Waals surface area contributed by atoms with E-state index in [0.717, 1.165) is 10.0 Å². The Morgan fingerprint density at radius 3 is 2.69 bits per heavy atom. The van der Waals surface area contributed by atoms with Crippen molar-refractivity contribution in [1.82, 2.24) is 5.43 Å². The second-order valence-electron chi connectivity index (χ2n) is 6.04. The molecule has 29 heavy (non-hydrogen) atoms. The number of benzene rings is 3. The molecular weight excluding hydrogens is 436 g/mol. The number of ether oxygens (including phenoxy) is 2. The normalized spacial score (nSPS) is 10.7. The van der Waals surface area contributed by atoms with E-state index < -0.39 is 5.91 Å². The van der Waals surface area contributed by atoms with Crippen LogP contribution < -0.4 is 14.9 Å². The van der Waals surface area contributed by atoms with Crippen LogP contribution in [-0.2, 0) is 6.61 Å². The zero-order valence-corrected chi connectivity index (χ0v) is 17.2. The second kappa shape index (κ2) is 9.75. The molecule has 0 fully saturated rings. The Morgan fingerprint density at radius 1 is 1.14 bits per heavy atom. The third-order valence-electron chi connectivity index (χ3n) is 4.03. The summed E-state index contributed by atoms with van der Waals surface area (Å²) in [7, 11) is 1.53. The lowest BCUT2D eigenvalue weighted by Gasteiger charge is -2.11. The second-order valence-corrected chi connectivity index (χ2v) is 6.95. The van der Waals surface area contributed by atoms with Crippen molar-refractivity contribution < 1.29 is 19.4 Å². The number of hydrogen-bond donors (Lipinski definition) is 2. The Kier molecular flexibility index (Phi) is 6.86. The number of aromatic hydroxyl groups is 1. The molecule has 0 radical (unpaired) electrons. The van der Waals surface area contributed by atoms with Crippen molar-refractivity contribution in [2.45, 2.75) is 6.61 Å². The predicted octanol–water partition coefficient (Wildman–Crippen LogP) is 4.51. The van der Waals surface area contributed by atoms with E-state index in [1.165, 1.54) is 19.4 Å². The number of phenolic OH excluding ortho intramolecular Hbond substituents is 1. The molecule has 6 nitrogen and oxygen atoms in total. The first-order valence-corrected chi connectivity index (χ1v) is 9.53. The lowest BCUT2D eigenvalue weighted by molar-refractivity contribution is 0.0950. The van der Waals surface area contributed by atoms with Gasteiger partial charge in [-0.15, -0.1) is 0 Å². The highest BCUT2D eigenvalue weighted by atomic mass is 79.9. The number of methoxy groups -OCH3 is 1. The first-order valence-electron chi connectivity index (χ1n) is 8.73. The van der Waals surface area contributed by atoms with Crippen molar-refractivity contribution in [2.75, 3.05) is 7.11 Å². The van der Waals surface area contributed by atoms with E-state index in [0.29, 0.717) is 29.2 Å². The highest BCUT2D eigenvalue weighted by molar-refractivity contribution is 9.10. The van der Waals surface area contributed by atoms with Crippen LogP contribution in [0.1, 0.15) is 21.5 Å². The maximum Gasteiger partial charge on any atom is 0.275 e. The van der Waals surface area contributed by atoms with Gasteiger partial charge < -0.3 is 14.6 Å². The van der Waals surface area contributed by atoms with Crippen LogP contribution in [-0.4, -0.2) is 24.3 Å². The van der Waals surface area contributed by atoms with Gasteiger partial charge in [-0.2, -0.15) is 5.10 Å². The SMILES string of the molecule is COc1ccc(O)c(C=NNC(=O)c2cc(Br)ccc2OCc2ccccc2)c1. The van der Waals surface area contributed by atoms with Crippen LogP contribution in [0.5, 0.6) is 17.2 Å². The molecule has 0 aliphatic heterocycles. The number of carbonyl (C=O) groups is 1. The number of nitrogens with zero attached hydrogens (tertiary/aromatic N) is 1. The average Bonchev–Trinajstić information content (AvgIpc) is 2.74. The van der Waals surface area contributed by atoms with Crippen LogP contribution in [0, 0.1) is 0 Å². The van der Waals surface area contributed by atoms with Crippen LogP contribution in [0.25, 0.3) is 0 Å². The highest BCUT2D eigenvalue weighted by Crippen LogP contribution is 2.24. The molecule has 3 aromatic carbocycles. The average molecular weight is 455 g/mol. The summed E-state index contributed by atoms with van der Waals surface area (Å²) < 4.78 is 11.7. The molecule has 0 aliphatic rings. The minimum absolute atomic E-state index is 0.0261. The topological polar surface area (TPSA) is 80.2 Å². The van der Waals surface area contributed by atoms with Gasteiger partial charge in [-0.1, -0.05) is 46.3 Å². The van der Waals surface area contributed by atoms with E-state index in [1.807, 2.05) is 30.3 Å². The van der Waals surface area contributed by atoms with Crippen LogP contribution in [0.15, 0.2) is 76.3 Å². The number of rotatable bonds is 7. The van der Waals surface area contributed by atoms with Crippen LogP contribution in [0.2, 0.25) is 0 Å². The molecule has 3 rings (SSSR count). The van der Waals surface area contributed by atoms with E-state index >= 15 is 0 Å². The van der Waals surface area contributed by atoms with E-state index in [1.54, 1.807) is 30.3 Å². The zero-order valence-electron chi connectivity index (χ0n) is 15.6. The summed E-state index contributed by atoms with van der Waals surface area (Å²) in [5.41, 5.74) is 4.20. The van der Waals surface area contributed by atoms with Gasteiger partial charge in [-0.25, -0.2) is 5.43 Å². The van der Waals surface area contributed by atoms with Crippen molar-refractivity contribution in [3.05, 3.63) is 87.9 Å². The fraction of sp³-hybridized carbons (Fsp3) is 0.0909. The quantitative estimate of drug-likeness (QED) is 0.406. The van der Waals surface area contributed by atoms with Gasteiger partial charge in [0.05, 0.1) is 18.9 Å². The maximum absolute atomic E-state index is 12.6. The van der Waals surface area contributed by atoms with Gasteiger partial charge in [-0.05, 0) is 42.0 Å². The molecule has 2 N–H and O–H groups in total. The first-order chi connectivity index (χ1) is 14.1. The van der Waals surface area contributed by atoms with Gasteiger partial charge >= 0.3 is 0 Å². The third-order valence-corrected chi connectivity index (χ3v) is 4.52. The van der Waals surface area contributed by atoms with Gasteiger partial charge in [0.1, 0.15) is 23.9 Å². The summed E-state index contributed by atoms with van der Waals surface area (Å²) in [5.74, 6) is 0.597. The Balaban J connectivity index is 1.72. The fourth-order valence-corrected chi connectivity index (χ4v) is 2.89. The van der Waals surface area contributed by atoms with Crippen LogP contribution >= 0.6 is 15.9 Å². The highest BCUT2D eigenvalue weighted by Gasteiger charge is 2.13. The molecule has 0 saturated heterocycles. The van der Waals surface area contributed by atoms with Crippen molar-refractivity contribution in [2.24, 2.45) is 5.10 Å². The van der Waals surface area contributed by atoms with Gasteiger partial charge in [0.2, 0.25) is 0 Å². The van der Waals surface area contributed by atoms with Gasteiger partial charge in [0.15, 0.2) is 0 Å². The Morgan fingerprint density at radius 2 is 1.93 bits per heavy atom. The molecule has 0 aliphatic carbocycles. The molecule has 0 unspecified atom stereocenters. The minimum atomic E-state index is -0.437. The fourth-order valence-electron chi connectivity index (χ4n) is 2.52. The summed E-state index contributed by atoms with van der Waals surface area (Å²) in [6.45, 7) is 0.337. The minimum Gasteiger partial charge on any atom is -0.507 e. The van der Waals surface area contributed by atoms with Crippen LogP contribution in [0.3, 0.4) is 0 Å². The number of halogens is 1. The molecule has 7 heteroatoms.